The molecule has 6 heteroatoms. The fraction of sp³-hybridized carbons (Fsp3) is 0.0435. The largest absolute Gasteiger partial charge is 0.484 e. The summed E-state index contributed by atoms with van der Waals surface area (Å²) < 4.78 is 18.3. The van der Waals surface area contributed by atoms with Crippen LogP contribution in [-0.2, 0) is 4.79 Å². The zero-order valence-corrected chi connectivity index (χ0v) is 16.2. The Morgan fingerprint density at radius 1 is 0.966 bits per heavy atom. The van der Waals surface area contributed by atoms with Crippen LogP contribution in [0.5, 0.6) is 5.75 Å². The van der Waals surface area contributed by atoms with Gasteiger partial charge in [-0.2, -0.15) is 0 Å². The van der Waals surface area contributed by atoms with Crippen LogP contribution in [0.4, 0.5) is 10.1 Å². The van der Waals surface area contributed by atoms with Crippen LogP contribution in [0.3, 0.4) is 0 Å². The number of hydrogen-bond acceptors (Lipinski definition) is 4. The Balaban J connectivity index is 1.41. The molecule has 0 fully saturated rings. The van der Waals surface area contributed by atoms with Gasteiger partial charge in [-0.1, -0.05) is 42.5 Å². The molecule has 0 aliphatic carbocycles. The summed E-state index contributed by atoms with van der Waals surface area (Å²) in [6.45, 7) is -0.162. The molecule has 4 aromatic rings. The molecule has 0 unspecified atom stereocenters. The van der Waals surface area contributed by atoms with Gasteiger partial charge in [-0.25, -0.2) is 9.37 Å². The van der Waals surface area contributed by atoms with E-state index in [1.807, 2.05) is 60.0 Å². The topological polar surface area (TPSA) is 51.2 Å². The molecule has 144 valence electrons. The first kappa shape index (κ1) is 18.8. The van der Waals surface area contributed by atoms with E-state index in [0.29, 0.717) is 11.4 Å². The molecule has 1 aromatic heterocycles. The van der Waals surface area contributed by atoms with Crippen molar-refractivity contribution in [1.29, 1.82) is 0 Å². The van der Waals surface area contributed by atoms with E-state index in [4.69, 9.17) is 9.72 Å². The Morgan fingerprint density at radius 3 is 2.52 bits per heavy atom. The van der Waals surface area contributed by atoms with E-state index in [1.165, 1.54) is 24.3 Å². The van der Waals surface area contributed by atoms with Gasteiger partial charge in [-0.3, -0.25) is 4.79 Å². The normalized spacial score (nSPS) is 10.5. The molecule has 0 aliphatic rings. The van der Waals surface area contributed by atoms with Crippen molar-refractivity contribution in [3.8, 4) is 27.6 Å². The molecule has 29 heavy (non-hydrogen) atoms. The average molecular weight is 404 g/mol. The van der Waals surface area contributed by atoms with Crippen molar-refractivity contribution in [1.82, 2.24) is 4.98 Å². The Labute approximate surface area is 171 Å². The molecule has 0 spiro atoms. The SMILES string of the molecule is O=C(COc1ccc(F)cc1)Nc1cccc(-c2csc(-c3ccccc3)n2)c1. The molecule has 0 bridgehead atoms. The highest BCUT2D eigenvalue weighted by atomic mass is 32.1. The minimum absolute atomic E-state index is 0.162. The van der Waals surface area contributed by atoms with E-state index < -0.39 is 0 Å². The third-order valence-corrected chi connectivity index (χ3v) is 5.04. The number of ether oxygens (including phenoxy) is 1. The number of nitrogens with zero attached hydrogens (tertiary/aromatic N) is 1. The number of amides is 1. The molecule has 1 amide bonds. The molecule has 0 saturated heterocycles. The van der Waals surface area contributed by atoms with Crippen LogP contribution in [-0.4, -0.2) is 17.5 Å². The van der Waals surface area contributed by atoms with Crippen LogP contribution in [0.2, 0.25) is 0 Å². The number of thiazole rings is 1. The van der Waals surface area contributed by atoms with Gasteiger partial charge in [0.2, 0.25) is 0 Å². The molecule has 1 heterocycles. The predicted octanol–water partition coefficient (Wildman–Crippen LogP) is 5.63. The Hall–Kier alpha value is -3.51. The van der Waals surface area contributed by atoms with Crippen molar-refractivity contribution in [3.05, 3.63) is 90.1 Å². The zero-order chi connectivity index (χ0) is 20.1. The molecule has 0 aliphatic heterocycles. The highest BCUT2D eigenvalue weighted by molar-refractivity contribution is 7.13. The first-order valence-electron chi connectivity index (χ1n) is 8.97. The molecule has 1 N–H and O–H groups in total. The monoisotopic (exact) mass is 404 g/mol. The van der Waals surface area contributed by atoms with Crippen LogP contribution in [0, 0.1) is 5.82 Å². The smallest absolute Gasteiger partial charge is 0.262 e. The second-order valence-electron chi connectivity index (χ2n) is 6.28. The summed E-state index contributed by atoms with van der Waals surface area (Å²) in [5, 5.41) is 5.76. The predicted molar refractivity (Wildman–Crippen MR) is 114 cm³/mol. The van der Waals surface area contributed by atoms with Gasteiger partial charge in [0.1, 0.15) is 16.6 Å². The van der Waals surface area contributed by atoms with Gasteiger partial charge in [0.05, 0.1) is 5.69 Å². The van der Waals surface area contributed by atoms with Crippen molar-refractivity contribution in [3.63, 3.8) is 0 Å². The Kier molecular flexibility index (Phi) is 5.63. The number of hydrogen-bond donors (Lipinski definition) is 1. The molecule has 0 saturated carbocycles. The van der Waals surface area contributed by atoms with Crippen molar-refractivity contribution in [2.75, 3.05) is 11.9 Å². The first-order chi connectivity index (χ1) is 14.2. The summed E-state index contributed by atoms with van der Waals surface area (Å²) in [6, 6.07) is 23.0. The van der Waals surface area contributed by atoms with Gasteiger partial charge in [-0.05, 0) is 36.4 Å². The van der Waals surface area contributed by atoms with Crippen LogP contribution in [0.15, 0.2) is 84.2 Å². The number of halogens is 1. The van der Waals surface area contributed by atoms with Gasteiger partial charge in [0, 0.05) is 22.2 Å². The van der Waals surface area contributed by atoms with Gasteiger partial charge in [-0.15, -0.1) is 11.3 Å². The van der Waals surface area contributed by atoms with Crippen molar-refractivity contribution in [2.45, 2.75) is 0 Å². The zero-order valence-electron chi connectivity index (χ0n) is 15.3. The average Bonchev–Trinajstić information content (AvgIpc) is 3.25. The minimum atomic E-state index is -0.351. The number of nitrogens with one attached hydrogen (secondary N) is 1. The fourth-order valence-corrected chi connectivity index (χ4v) is 3.59. The Morgan fingerprint density at radius 2 is 1.72 bits per heavy atom. The molecular weight excluding hydrogens is 387 g/mol. The molecule has 3 aromatic carbocycles. The van der Waals surface area contributed by atoms with Crippen LogP contribution < -0.4 is 10.1 Å². The third kappa shape index (κ3) is 4.86. The molecule has 0 radical (unpaired) electrons. The van der Waals surface area contributed by atoms with E-state index in [-0.39, 0.29) is 18.3 Å². The molecular formula is C23H17FN2O2S. The van der Waals surface area contributed by atoms with E-state index in [1.54, 1.807) is 11.3 Å². The highest BCUT2D eigenvalue weighted by Gasteiger charge is 2.09. The summed E-state index contributed by atoms with van der Waals surface area (Å²) in [5.41, 5.74) is 3.50. The van der Waals surface area contributed by atoms with E-state index >= 15 is 0 Å². The molecule has 4 rings (SSSR count). The summed E-state index contributed by atoms with van der Waals surface area (Å²) in [5.74, 6) is -0.211. The van der Waals surface area contributed by atoms with Gasteiger partial charge >= 0.3 is 0 Å². The minimum Gasteiger partial charge on any atom is -0.484 e. The maximum atomic E-state index is 12.9. The lowest BCUT2D eigenvalue weighted by Gasteiger charge is -2.08. The number of anilines is 1. The Bertz CT molecular complexity index is 1110. The van der Waals surface area contributed by atoms with Gasteiger partial charge in [0.25, 0.3) is 5.91 Å². The number of rotatable bonds is 6. The molecule has 4 nitrogen and oxygen atoms in total. The third-order valence-electron chi connectivity index (χ3n) is 4.15. The summed E-state index contributed by atoms with van der Waals surface area (Å²) >= 11 is 1.58. The second-order valence-corrected chi connectivity index (χ2v) is 7.13. The van der Waals surface area contributed by atoms with E-state index in [9.17, 15) is 9.18 Å². The lowest BCUT2D eigenvalue weighted by Crippen LogP contribution is -2.20. The second kappa shape index (κ2) is 8.67. The maximum Gasteiger partial charge on any atom is 0.262 e. The quantitative estimate of drug-likeness (QED) is 0.453. The number of carbonyl (C=O) groups is 1. The van der Waals surface area contributed by atoms with Gasteiger partial charge in [0.15, 0.2) is 6.61 Å². The van der Waals surface area contributed by atoms with Crippen LogP contribution in [0.1, 0.15) is 0 Å². The first-order valence-corrected chi connectivity index (χ1v) is 9.85. The lowest BCUT2D eigenvalue weighted by molar-refractivity contribution is -0.118. The summed E-state index contributed by atoms with van der Waals surface area (Å²) in [6.07, 6.45) is 0. The maximum absolute atomic E-state index is 12.9. The fourth-order valence-electron chi connectivity index (χ4n) is 2.75. The highest BCUT2D eigenvalue weighted by Crippen LogP contribution is 2.29. The van der Waals surface area contributed by atoms with E-state index in [2.05, 4.69) is 5.32 Å². The number of benzene rings is 3. The van der Waals surface area contributed by atoms with Crippen molar-refractivity contribution in [2.24, 2.45) is 0 Å². The van der Waals surface area contributed by atoms with Gasteiger partial charge < -0.3 is 10.1 Å². The summed E-state index contributed by atoms with van der Waals surface area (Å²) in [7, 11) is 0. The lowest BCUT2D eigenvalue weighted by atomic mass is 10.1. The summed E-state index contributed by atoms with van der Waals surface area (Å²) in [4.78, 5) is 16.9. The number of aromatic nitrogens is 1. The number of carbonyl (C=O) groups excluding carboxylic acids is 1. The van der Waals surface area contributed by atoms with Crippen LogP contribution in [0.25, 0.3) is 21.8 Å². The van der Waals surface area contributed by atoms with E-state index in [0.717, 1.165) is 21.8 Å². The van der Waals surface area contributed by atoms with Crippen molar-refractivity contribution < 1.29 is 13.9 Å². The van der Waals surface area contributed by atoms with Crippen LogP contribution >= 0.6 is 11.3 Å². The molecule has 0 atom stereocenters. The van der Waals surface area contributed by atoms with Crippen molar-refractivity contribution >= 4 is 22.9 Å². The standard InChI is InChI=1S/C23H17FN2O2S/c24-18-9-11-20(12-10-18)28-14-22(27)25-19-8-4-7-17(13-19)21-15-29-23(26-21)16-5-2-1-3-6-16/h1-13,15H,14H2,(H,25,27).